The van der Waals surface area contributed by atoms with E-state index in [2.05, 4.69) is 45.5 Å². The third-order valence-corrected chi connectivity index (χ3v) is 7.36. The van der Waals surface area contributed by atoms with Crippen LogP contribution in [0.3, 0.4) is 0 Å². The van der Waals surface area contributed by atoms with Gasteiger partial charge in [0.15, 0.2) is 0 Å². The molecule has 2 fully saturated rings. The molecule has 2 rings (SSSR count). The standard InChI is InChI=1S/C8H19N3.C8H20N2O3.C7H16N2O.C5H14N2.C4H12N2.C3H10N2/c1-10-5-7-11(8-6-10)4-2-3-9;9-1-3-11-5-7-13-8-6-12-4-2-10;8-2-1-3-9-4-6-10-7-5-9;1-3-7(2)5-4-6;1-6(2)4-3-5;4-2-1-3-5/h2-9H2,1H3;1-10H2;1-8H2;3-6H2,1-2H3;3-5H2,1-2H3;1-5H2. The number of ether oxygens (including phenoxy) is 4. The summed E-state index contributed by atoms with van der Waals surface area (Å²) in [5.74, 6) is 0. The van der Waals surface area contributed by atoms with Crippen LogP contribution < -0.4 is 45.9 Å². The summed E-state index contributed by atoms with van der Waals surface area (Å²) in [5.41, 5.74) is 41.8. The number of likely N-dealkylation sites (N-methyl/N-ethyl adjacent to an activating group) is 3. The van der Waals surface area contributed by atoms with E-state index in [1.165, 1.54) is 32.7 Å². The molecule has 17 heteroatoms. The van der Waals surface area contributed by atoms with E-state index in [-0.39, 0.29) is 0 Å². The Balaban J connectivity index is -0.000000274. The van der Waals surface area contributed by atoms with E-state index in [0.717, 1.165) is 111 Å². The van der Waals surface area contributed by atoms with Gasteiger partial charge in [-0.2, -0.15) is 0 Å². The van der Waals surface area contributed by atoms with Crippen molar-refractivity contribution in [2.75, 3.05) is 205 Å². The van der Waals surface area contributed by atoms with Crippen molar-refractivity contribution in [2.24, 2.45) is 45.9 Å². The summed E-state index contributed by atoms with van der Waals surface area (Å²) < 4.78 is 20.6. The molecule has 0 unspecified atom stereocenters. The Bertz CT molecular complexity index is 580. The average Bonchev–Trinajstić information content (AvgIpc) is 3.15. The fourth-order valence-electron chi connectivity index (χ4n) is 3.99. The molecule has 52 heavy (non-hydrogen) atoms. The van der Waals surface area contributed by atoms with Gasteiger partial charge in [0.25, 0.3) is 0 Å². The van der Waals surface area contributed by atoms with Gasteiger partial charge in [0, 0.05) is 78.5 Å². The summed E-state index contributed by atoms with van der Waals surface area (Å²) in [4.78, 5) is 11.5. The number of hydrogen-bond acceptors (Lipinski definition) is 17. The van der Waals surface area contributed by atoms with Gasteiger partial charge < -0.3 is 84.4 Å². The lowest BCUT2D eigenvalue weighted by molar-refractivity contribution is 0.0175. The lowest BCUT2D eigenvalue weighted by Gasteiger charge is -2.32. The van der Waals surface area contributed by atoms with Crippen LogP contribution in [0.25, 0.3) is 0 Å². The van der Waals surface area contributed by atoms with Crippen molar-refractivity contribution in [3.63, 3.8) is 0 Å². The van der Waals surface area contributed by atoms with E-state index in [9.17, 15) is 0 Å². The van der Waals surface area contributed by atoms with Crippen LogP contribution in [-0.2, 0) is 18.9 Å². The molecule has 2 aliphatic heterocycles. The van der Waals surface area contributed by atoms with Crippen LogP contribution in [0.5, 0.6) is 0 Å². The van der Waals surface area contributed by atoms with E-state index in [0.29, 0.717) is 52.7 Å². The molecule has 0 aromatic carbocycles. The topological polar surface area (TPSA) is 261 Å². The Morgan fingerprint density at radius 2 is 0.904 bits per heavy atom. The monoisotopic (exact) mass is 758 g/mol. The third-order valence-electron chi connectivity index (χ3n) is 7.36. The zero-order chi connectivity index (χ0) is 39.9. The van der Waals surface area contributed by atoms with Crippen LogP contribution in [0.1, 0.15) is 26.2 Å². The molecule has 0 saturated carbocycles. The maximum atomic E-state index is 5.44. The summed E-state index contributed by atoms with van der Waals surface area (Å²) in [5, 5.41) is 0. The van der Waals surface area contributed by atoms with Crippen LogP contribution in [0.2, 0.25) is 0 Å². The van der Waals surface area contributed by atoms with Crippen LogP contribution in [0.4, 0.5) is 0 Å². The maximum Gasteiger partial charge on any atom is 0.0701 e. The molecule has 0 radical (unpaired) electrons. The number of piperazine rings is 1. The molecular weight excluding hydrogens is 666 g/mol. The highest BCUT2D eigenvalue weighted by Crippen LogP contribution is 1.99. The first-order valence-corrected chi connectivity index (χ1v) is 19.5. The van der Waals surface area contributed by atoms with Crippen molar-refractivity contribution in [1.29, 1.82) is 0 Å². The molecule has 0 atom stereocenters. The first-order valence-electron chi connectivity index (χ1n) is 19.5. The lowest BCUT2D eigenvalue weighted by atomic mass is 10.3. The van der Waals surface area contributed by atoms with Crippen molar-refractivity contribution in [3.05, 3.63) is 0 Å². The number of nitrogens with zero attached hydrogens (tertiary/aromatic N) is 5. The van der Waals surface area contributed by atoms with Crippen LogP contribution >= 0.6 is 0 Å². The molecule has 0 amide bonds. The molecule has 0 aromatic heterocycles. The van der Waals surface area contributed by atoms with E-state index < -0.39 is 0 Å². The van der Waals surface area contributed by atoms with Gasteiger partial charge in [-0.1, -0.05) is 6.92 Å². The van der Waals surface area contributed by atoms with Crippen molar-refractivity contribution in [2.45, 2.75) is 26.2 Å². The van der Waals surface area contributed by atoms with Gasteiger partial charge >= 0.3 is 0 Å². The largest absolute Gasteiger partial charge is 0.379 e. The number of morpholine rings is 1. The number of hydrogen-bond donors (Lipinski definition) is 8. The van der Waals surface area contributed by atoms with Gasteiger partial charge in [-0.05, 0) is 93.3 Å². The zero-order valence-electron chi connectivity index (χ0n) is 34.7. The highest BCUT2D eigenvalue weighted by atomic mass is 16.5. The summed E-state index contributed by atoms with van der Waals surface area (Å²) in [7, 11) is 8.26. The zero-order valence-corrected chi connectivity index (χ0v) is 34.7. The fraction of sp³-hybridized carbons (Fsp3) is 1.00. The number of rotatable bonds is 23. The summed E-state index contributed by atoms with van der Waals surface area (Å²) in [6, 6.07) is 0. The second-order valence-corrected chi connectivity index (χ2v) is 12.5. The van der Waals surface area contributed by atoms with Crippen molar-refractivity contribution in [3.8, 4) is 0 Å². The SMILES string of the molecule is CCN(C)CCN.CN(C)CCN.CN1CCN(CCCN)CC1.NCCCN.NCCCN1CCOCC1.NCCOCCOCCOCCN. The molecule has 2 heterocycles. The van der Waals surface area contributed by atoms with Gasteiger partial charge in [-0.15, -0.1) is 0 Å². The van der Waals surface area contributed by atoms with Gasteiger partial charge in [0.2, 0.25) is 0 Å². The molecular formula is C35H91N13O4. The lowest BCUT2D eigenvalue weighted by Crippen LogP contribution is -2.44. The minimum Gasteiger partial charge on any atom is -0.379 e. The smallest absolute Gasteiger partial charge is 0.0701 e. The van der Waals surface area contributed by atoms with Gasteiger partial charge in [-0.3, -0.25) is 4.90 Å². The molecule has 0 aliphatic carbocycles. The fourth-order valence-corrected chi connectivity index (χ4v) is 3.99. The molecule has 0 bridgehead atoms. The first kappa shape index (κ1) is 58.0. The van der Waals surface area contributed by atoms with E-state index >= 15 is 0 Å². The van der Waals surface area contributed by atoms with Crippen LogP contribution in [-0.4, -0.2) is 230 Å². The maximum absolute atomic E-state index is 5.44. The average molecular weight is 758 g/mol. The first-order chi connectivity index (χ1) is 25.2. The van der Waals surface area contributed by atoms with E-state index in [1.807, 2.05) is 14.1 Å². The molecule has 2 aliphatic rings. The Morgan fingerprint density at radius 3 is 1.19 bits per heavy atom. The highest BCUT2D eigenvalue weighted by molar-refractivity contribution is 4.68. The van der Waals surface area contributed by atoms with Crippen molar-refractivity contribution < 1.29 is 18.9 Å². The van der Waals surface area contributed by atoms with E-state index in [1.54, 1.807) is 0 Å². The van der Waals surface area contributed by atoms with Crippen molar-refractivity contribution in [1.82, 2.24) is 24.5 Å². The Morgan fingerprint density at radius 1 is 0.500 bits per heavy atom. The van der Waals surface area contributed by atoms with Crippen LogP contribution in [0, 0.1) is 0 Å². The molecule has 0 spiro atoms. The molecule has 0 aromatic rings. The Kier molecular flexibility index (Phi) is 58.5. The van der Waals surface area contributed by atoms with Crippen LogP contribution in [0.15, 0.2) is 0 Å². The predicted molar refractivity (Wildman–Crippen MR) is 222 cm³/mol. The van der Waals surface area contributed by atoms with Gasteiger partial charge in [0.05, 0.1) is 52.9 Å². The summed E-state index contributed by atoms with van der Waals surface area (Å²) >= 11 is 0. The van der Waals surface area contributed by atoms with E-state index in [4.69, 9.17) is 64.8 Å². The minimum absolute atomic E-state index is 0.555. The van der Waals surface area contributed by atoms with Crippen molar-refractivity contribution >= 4 is 0 Å². The van der Waals surface area contributed by atoms with Gasteiger partial charge in [0.1, 0.15) is 0 Å². The summed E-state index contributed by atoms with van der Waals surface area (Å²) in [6.45, 7) is 25.6. The molecule has 320 valence electrons. The second kappa shape index (κ2) is 52.4. The second-order valence-electron chi connectivity index (χ2n) is 12.5. The predicted octanol–water partition coefficient (Wildman–Crippen LogP) is -3.10. The molecule has 16 N–H and O–H groups in total. The molecule has 17 nitrogen and oxygen atoms in total. The molecule has 2 saturated heterocycles. The Hall–Kier alpha value is -0.680. The minimum atomic E-state index is 0.555. The van der Waals surface area contributed by atoms with Gasteiger partial charge in [-0.25, -0.2) is 0 Å². The summed E-state index contributed by atoms with van der Waals surface area (Å²) in [6.07, 6.45) is 3.20. The highest BCUT2D eigenvalue weighted by Gasteiger charge is 2.12. The third kappa shape index (κ3) is 56.1. The quantitative estimate of drug-likeness (QED) is 0.0480. The normalized spacial score (nSPS) is 14.8. The number of nitrogens with two attached hydrogens (primary N) is 8. The Labute approximate surface area is 320 Å².